The van der Waals surface area contributed by atoms with E-state index >= 15 is 0 Å². The molecule has 0 saturated heterocycles. The Morgan fingerprint density at radius 1 is 0.467 bits per heavy atom. The smallest absolute Gasteiger partial charge is 0.0391 e. The van der Waals surface area contributed by atoms with E-state index in [9.17, 15) is 0 Å². The molecule has 0 unspecified atom stereocenters. The van der Waals surface area contributed by atoms with Crippen molar-refractivity contribution in [3.63, 3.8) is 0 Å². The van der Waals surface area contributed by atoms with Crippen LogP contribution in [0.15, 0.2) is 120 Å². The molecule has 30 heavy (non-hydrogen) atoms. The molecule has 1 N–H and O–H groups in total. The molecule has 2 heteroatoms. The van der Waals surface area contributed by atoms with Crippen LogP contribution in [0.4, 0.5) is 11.4 Å². The van der Waals surface area contributed by atoms with E-state index in [2.05, 4.69) is 130 Å². The maximum absolute atomic E-state index is 3.68. The molecule has 0 amide bonds. The maximum atomic E-state index is 3.68. The van der Waals surface area contributed by atoms with E-state index in [4.69, 9.17) is 0 Å². The highest BCUT2D eigenvalue weighted by Gasteiger charge is 2.05. The molecule has 1 nitrogen and oxygen atoms in total. The van der Waals surface area contributed by atoms with E-state index in [1.807, 2.05) is 6.07 Å². The highest BCUT2D eigenvalue weighted by Crippen LogP contribution is 2.32. The van der Waals surface area contributed by atoms with Gasteiger partial charge in [0.05, 0.1) is 0 Å². The standard InChI is InChI=1S/C28H20BrN/c29-28-17-16-26(19-27(28)22-7-2-1-3-8-22)30-25-14-12-21(13-15-25)24-11-10-20-6-4-5-9-23(20)18-24/h1-19,30H. The van der Waals surface area contributed by atoms with E-state index in [0.717, 1.165) is 15.8 Å². The van der Waals surface area contributed by atoms with Gasteiger partial charge in [-0.15, -0.1) is 0 Å². The minimum atomic E-state index is 1.07. The molecule has 144 valence electrons. The van der Waals surface area contributed by atoms with Crippen LogP contribution in [0.3, 0.4) is 0 Å². The van der Waals surface area contributed by atoms with E-state index in [1.54, 1.807) is 0 Å². The second-order valence-electron chi connectivity index (χ2n) is 7.32. The third kappa shape index (κ3) is 3.87. The Hall–Kier alpha value is -3.36. The van der Waals surface area contributed by atoms with Crippen molar-refractivity contribution in [1.82, 2.24) is 0 Å². The van der Waals surface area contributed by atoms with Crippen LogP contribution >= 0.6 is 15.9 Å². The monoisotopic (exact) mass is 449 g/mol. The van der Waals surface area contributed by atoms with Gasteiger partial charge in [0, 0.05) is 15.8 Å². The molecule has 0 fully saturated rings. The van der Waals surface area contributed by atoms with Gasteiger partial charge in [-0.05, 0) is 69.4 Å². The van der Waals surface area contributed by atoms with Crippen LogP contribution in [0.5, 0.6) is 0 Å². The normalized spacial score (nSPS) is 10.8. The number of rotatable bonds is 4. The summed E-state index contributed by atoms with van der Waals surface area (Å²) in [7, 11) is 0. The number of fused-ring (bicyclic) bond motifs is 1. The van der Waals surface area contributed by atoms with Gasteiger partial charge in [0.25, 0.3) is 0 Å². The molecule has 0 aliphatic rings. The van der Waals surface area contributed by atoms with E-state index < -0.39 is 0 Å². The average molecular weight is 450 g/mol. The SMILES string of the molecule is Brc1ccc(Nc2ccc(-c3ccc4ccccc4c3)cc2)cc1-c1ccccc1. The van der Waals surface area contributed by atoms with Crippen LogP contribution in [0, 0.1) is 0 Å². The average Bonchev–Trinajstić information content (AvgIpc) is 2.81. The van der Waals surface area contributed by atoms with Crippen LogP contribution in [-0.2, 0) is 0 Å². The van der Waals surface area contributed by atoms with Gasteiger partial charge < -0.3 is 5.32 Å². The minimum Gasteiger partial charge on any atom is -0.356 e. The number of halogens is 1. The lowest BCUT2D eigenvalue weighted by Gasteiger charge is -2.11. The molecule has 0 spiro atoms. The van der Waals surface area contributed by atoms with Gasteiger partial charge in [-0.3, -0.25) is 0 Å². The Kier molecular flexibility index (Phi) is 5.08. The highest BCUT2D eigenvalue weighted by atomic mass is 79.9. The molecule has 0 heterocycles. The Labute approximate surface area is 185 Å². The van der Waals surface area contributed by atoms with Crippen LogP contribution in [0.1, 0.15) is 0 Å². The zero-order valence-electron chi connectivity index (χ0n) is 16.3. The molecule has 5 aromatic rings. The van der Waals surface area contributed by atoms with Gasteiger partial charge in [0.2, 0.25) is 0 Å². The zero-order valence-corrected chi connectivity index (χ0v) is 17.9. The van der Waals surface area contributed by atoms with E-state index in [0.29, 0.717) is 0 Å². The fourth-order valence-electron chi connectivity index (χ4n) is 3.72. The molecule has 0 aromatic heterocycles. The minimum absolute atomic E-state index is 1.07. The van der Waals surface area contributed by atoms with Crippen molar-refractivity contribution < 1.29 is 0 Å². The Bertz CT molecular complexity index is 1310. The van der Waals surface area contributed by atoms with Crippen molar-refractivity contribution in [1.29, 1.82) is 0 Å². The van der Waals surface area contributed by atoms with E-state index in [1.165, 1.54) is 33.0 Å². The Balaban J connectivity index is 1.40. The van der Waals surface area contributed by atoms with Crippen LogP contribution < -0.4 is 5.32 Å². The number of hydrogen-bond donors (Lipinski definition) is 1. The topological polar surface area (TPSA) is 12.0 Å². The first kappa shape index (κ1) is 18.7. The van der Waals surface area contributed by atoms with Crippen LogP contribution in [-0.4, -0.2) is 0 Å². The molecule has 0 radical (unpaired) electrons. The molecular formula is C28H20BrN. The molecule has 0 bridgehead atoms. The van der Waals surface area contributed by atoms with Gasteiger partial charge in [0.1, 0.15) is 0 Å². The number of anilines is 2. The van der Waals surface area contributed by atoms with Crippen LogP contribution in [0.25, 0.3) is 33.0 Å². The molecule has 5 aromatic carbocycles. The third-order valence-electron chi connectivity index (χ3n) is 5.31. The fraction of sp³-hybridized carbons (Fsp3) is 0. The third-order valence-corrected chi connectivity index (χ3v) is 6.00. The quantitative estimate of drug-likeness (QED) is 0.289. The van der Waals surface area contributed by atoms with Crippen molar-refractivity contribution in [2.45, 2.75) is 0 Å². The highest BCUT2D eigenvalue weighted by molar-refractivity contribution is 9.10. The summed E-state index contributed by atoms with van der Waals surface area (Å²) in [6.45, 7) is 0. The van der Waals surface area contributed by atoms with Gasteiger partial charge in [-0.25, -0.2) is 0 Å². The Morgan fingerprint density at radius 2 is 1.13 bits per heavy atom. The van der Waals surface area contributed by atoms with Gasteiger partial charge in [-0.2, -0.15) is 0 Å². The molecule has 0 atom stereocenters. The zero-order chi connectivity index (χ0) is 20.3. The maximum Gasteiger partial charge on any atom is 0.0391 e. The summed E-state index contributed by atoms with van der Waals surface area (Å²) in [6, 6.07) is 40.5. The Morgan fingerprint density at radius 3 is 1.93 bits per heavy atom. The second kappa shape index (κ2) is 8.17. The van der Waals surface area contributed by atoms with Gasteiger partial charge >= 0.3 is 0 Å². The predicted molar refractivity (Wildman–Crippen MR) is 132 cm³/mol. The van der Waals surface area contributed by atoms with Crippen molar-refractivity contribution in [3.05, 3.63) is 120 Å². The summed E-state index contributed by atoms with van der Waals surface area (Å²) in [6.07, 6.45) is 0. The lowest BCUT2D eigenvalue weighted by Crippen LogP contribution is -1.91. The molecule has 0 aliphatic carbocycles. The summed E-state index contributed by atoms with van der Waals surface area (Å²) in [5.74, 6) is 0. The predicted octanol–water partition coefficient (Wildman–Crippen LogP) is 8.68. The first-order valence-electron chi connectivity index (χ1n) is 9.97. The second-order valence-corrected chi connectivity index (χ2v) is 8.18. The van der Waals surface area contributed by atoms with Crippen molar-refractivity contribution >= 4 is 38.1 Å². The molecular weight excluding hydrogens is 430 g/mol. The summed E-state index contributed by atoms with van der Waals surface area (Å²) < 4.78 is 1.09. The summed E-state index contributed by atoms with van der Waals surface area (Å²) >= 11 is 3.68. The lowest BCUT2D eigenvalue weighted by molar-refractivity contribution is 1.52. The summed E-state index contributed by atoms with van der Waals surface area (Å²) in [4.78, 5) is 0. The number of hydrogen-bond acceptors (Lipinski definition) is 1. The fourth-order valence-corrected chi connectivity index (χ4v) is 4.20. The first-order chi connectivity index (χ1) is 14.8. The number of nitrogens with one attached hydrogen (secondary N) is 1. The summed E-state index contributed by atoms with van der Waals surface area (Å²) in [5.41, 5.74) is 6.95. The molecule has 0 saturated carbocycles. The largest absolute Gasteiger partial charge is 0.356 e. The van der Waals surface area contributed by atoms with Crippen molar-refractivity contribution in [2.24, 2.45) is 0 Å². The van der Waals surface area contributed by atoms with Crippen molar-refractivity contribution in [3.8, 4) is 22.3 Å². The first-order valence-corrected chi connectivity index (χ1v) is 10.8. The number of benzene rings is 5. The molecule has 5 rings (SSSR count). The van der Waals surface area contributed by atoms with Gasteiger partial charge in [0.15, 0.2) is 0 Å². The lowest BCUT2D eigenvalue weighted by atomic mass is 10.0. The summed E-state index contributed by atoms with van der Waals surface area (Å²) in [5, 5.41) is 6.06. The van der Waals surface area contributed by atoms with E-state index in [-0.39, 0.29) is 0 Å². The van der Waals surface area contributed by atoms with Crippen molar-refractivity contribution in [2.75, 3.05) is 5.32 Å². The van der Waals surface area contributed by atoms with Crippen LogP contribution in [0.2, 0.25) is 0 Å². The van der Waals surface area contributed by atoms with Gasteiger partial charge in [-0.1, -0.05) is 94.8 Å². The molecule has 0 aliphatic heterocycles.